The molecule has 174 valence electrons. The highest BCUT2D eigenvalue weighted by atomic mass is 35.5. The summed E-state index contributed by atoms with van der Waals surface area (Å²) < 4.78 is 5.95. The third-order valence-electron chi connectivity index (χ3n) is 5.14. The second-order valence-corrected chi connectivity index (χ2v) is 9.94. The molecule has 2 aromatic carbocycles. The molecule has 2 amide bonds. The average molecular weight is 459 g/mol. The number of hydrogen-bond acceptors (Lipinski definition) is 3. The highest BCUT2D eigenvalue weighted by molar-refractivity contribution is 6.30. The SMILES string of the molecule is CC(C)CNC(=O)[C@@H](C)N(Cc1cccc(Cl)c1)C(=O)COc1ccccc1C(C)(C)C. The first-order chi connectivity index (χ1) is 15.0. The smallest absolute Gasteiger partial charge is 0.261 e. The van der Waals surface area contributed by atoms with Crippen LogP contribution in [0.15, 0.2) is 48.5 Å². The molecule has 0 saturated heterocycles. The van der Waals surface area contributed by atoms with Crippen LogP contribution in [0, 0.1) is 5.92 Å². The van der Waals surface area contributed by atoms with Gasteiger partial charge in [0.1, 0.15) is 11.8 Å². The Labute approximate surface area is 197 Å². The third-order valence-corrected chi connectivity index (χ3v) is 5.38. The minimum atomic E-state index is -0.651. The van der Waals surface area contributed by atoms with Crippen molar-refractivity contribution in [2.24, 2.45) is 5.92 Å². The molecule has 0 spiro atoms. The van der Waals surface area contributed by atoms with Crippen molar-refractivity contribution in [1.29, 1.82) is 0 Å². The second-order valence-electron chi connectivity index (χ2n) is 9.50. The molecular formula is C26H35ClN2O3. The molecule has 32 heavy (non-hydrogen) atoms. The van der Waals surface area contributed by atoms with Crippen molar-refractivity contribution >= 4 is 23.4 Å². The van der Waals surface area contributed by atoms with E-state index in [0.717, 1.165) is 11.1 Å². The lowest BCUT2D eigenvalue weighted by Gasteiger charge is -2.29. The van der Waals surface area contributed by atoms with Crippen molar-refractivity contribution in [2.75, 3.05) is 13.2 Å². The molecule has 2 aromatic rings. The summed E-state index contributed by atoms with van der Waals surface area (Å²) in [6.45, 7) is 12.8. The highest BCUT2D eigenvalue weighted by Crippen LogP contribution is 2.31. The van der Waals surface area contributed by atoms with Gasteiger partial charge in [-0.15, -0.1) is 0 Å². The van der Waals surface area contributed by atoms with Crippen LogP contribution in [-0.2, 0) is 21.5 Å². The lowest BCUT2D eigenvalue weighted by molar-refractivity contribution is -0.142. The van der Waals surface area contributed by atoms with Crippen LogP contribution in [0.1, 0.15) is 52.7 Å². The van der Waals surface area contributed by atoms with Gasteiger partial charge < -0.3 is 15.0 Å². The molecule has 1 atom stereocenters. The number of benzene rings is 2. The summed E-state index contributed by atoms with van der Waals surface area (Å²) in [4.78, 5) is 27.5. The van der Waals surface area contributed by atoms with E-state index in [-0.39, 0.29) is 30.4 Å². The van der Waals surface area contributed by atoms with Crippen molar-refractivity contribution in [3.05, 3.63) is 64.7 Å². The zero-order chi connectivity index (χ0) is 23.9. The number of amides is 2. The summed E-state index contributed by atoms with van der Waals surface area (Å²) in [6, 6.07) is 14.4. The zero-order valence-electron chi connectivity index (χ0n) is 19.9. The summed E-state index contributed by atoms with van der Waals surface area (Å²) >= 11 is 6.13. The zero-order valence-corrected chi connectivity index (χ0v) is 20.7. The number of halogens is 1. The van der Waals surface area contributed by atoms with Gasteiger partial charge in [-0.05, 0) is 47.6 Å². The Balaban J connectivity index is 2.21. The maximum absolute atomic E-state index is 13.2. The molecule has 0 aliphatic heterocycles. The van der Waals surface area contributed by atoms with E-state index in [1.165, 1.54) is 0 Å². The first-order valence-corrected chi connectivity index (χ1v) is 11.4. The summed E-state index contributed by atoms with van der Waals surface area (Å²) in [7, 11) is 0. The van der Waals surface area contributed by atoms with Gasteiger partial charge in [0.15, 0.2) is 6.61 Å². The molecule has 0 aliphatic carbocycles. The third kappa shape index (κ3) is 7.56. The fourth-order valence-corrected chi connectivity index (χ4v) is 3.51. The van der Waals surface area contributed by atoms with Gasteiger partial charge in [-0.1, -0.05) is 76.6 Å². The fraction of sp³-hybridized carbons (Fsp3) is 0.462. The molecule has 0 unspecified atom stereocenters. The first kappa shape index (κ1) is 25.7. The molecule has 6 heteroatoms. The number of carbonyl (C=O) groups excluding carboxylic acids is 2. The lowest BCUT2D eigenvalue weighted by atomic mass is 9.86. The monoisotopic (exact) mass is 458 g/mol. The number of carbonyl (C=O) groups is 2. The Bertz CT molecular complexity index is 921. The summed E-state index contributed by atoms with van der Waals surface area (Å²) in [5.74, 6) is 0.540. The maximum Gasteiger partial charge on any atom is 0.261 e. The predicted octanol–water partition coefficient (Wildman–Crippen LogP) is 5.21. The van der Waals surface area contributed by atoms with E-state index in [1.54, 1.807) is 24.0 Å². The van der Waals surface area contributed by atoms with Crippen LogP contribution in [0.25, 0.3) is 0 Å². The van der Waals surface area contributed by atoms with Gasteiger partial charge in [0.2, 0.25) is 5.91 Å². The standard InChI is InChI=1S/C26H35ClN2O3/c1-18(2)15-28-25(31)19(3)29(16-20-10-9-11-21(27)14-20)24(30)17-32-23-13-8-7-12-22(23)26(4,5)6/h7-14,18-19H,15-17H2,1-6H3,(H,28,31)/t19-/m1/s1. The van der Waals surface area contributed by atoms with Gasteiger partial charge in [-0.3, -0.25) is 9.59 Å². The highest BCUT2D eigenvalue weighted by Gasteiger charge is 2.27. The van der Waals surface area contributed by atoms with Crippen LogP contribution < -0.4 is 10.1 Å². The Kier molecular flexibility index (Phi) is 9.14. The van der Waals surface area contributed by atoms with Crippen LogP contribution in [0.5, 0.6) is 5.75 Å². The van der Waals surface area contributed by atoms with E-state index in [1.807, 2.05) is 50.2 Å². The Morgan fingerprint density at radius 1 is 1.06 bits per heavy atom. The fourth-order valence-electron chi connectivity index (χ4n) is 3.30. The summed E-state index contributed by atoms with van der Waals surface area (Å²) in [5, 5.41) is 3.50. The first-order valence-electron chi connectivity index (χ1n) is 11.0. The molecule has 2 rings (SSSR count). The van der Waals surface area contributed by atoms with Crippen molar-refractivity contribution in [1.82, 2.24) is 10.2 Å². The van der Waals surface area contributed by atoms with Crippen molar-refractivity contribution in [2.45, 2.75) is 59.5 Å². The largest absolute Gasteiger partial charge is 0.483 e. The molecular weight excluding hydrogens is 424 g/mol. The minimum absolute atomic E-state index is 0.121. The topological polar surface area (TPSA) is 58.6 Å². The van der Waals surface area contributed by atoms with Crippen LogP contribution in [0.3, 0.4) is 0 Å². The number of hydrogen-bond donors (Lipinski definition) is 1. The number of nitrogens with zero attached hydrogens (tertiary/aromatic N) is 1. The summed E-state index contributed by atoms with van der Waals surface area (Å²) in [6.07, 6.45) is 0. The van der Waals surface area contributed by atoms with Crippen molar-refractivity contribution in [3.8, 4) is 5.75 Å². The number of para-hydroxylation sites is 1. The van der Waals surface area contributed by atoms with Crippen molar-refractivity contribution in [3.63, 3.8) is 0 Å². The molecule has 5 nitrogen and oxygen atoms in total. The van der Waals surface area contributed by atoms with Gasteiger partial charge >= 0.3 is 0 Å². The van der Waals surface area contributed by atoms with Crippen LogP contribution >= 0.6 is 11.6 Å². The van der Waals surface area contributed by atoms with Crippen LogP contribution in [0.2, 0.25) is 5.02 Å². The Morgan fingerprint density at radius 2 is 1.75 bits per heavy atom. The van der Waals surface area contributed by atoms with Crippen molar-refractivity contribution < 1.29 is 14.3 Å². The van der Waals surface area contributed by atoms with E-state index < -0.39 is 6.04 Å². The normalized spacial score (nSPS) is 12.4. The average Bonchev–Trinajstić information content (AvgIpc) is 2.73. The molecule has 0 bridgehead atoms. The molecule has 0 aromatic heterocycles. The molecule has 0 saturated carbocycles. The van der Waals surface area contributed by atoms with Crippen LogP contribution in [-0.4, -0.2) is 35.9 Å². The van der Waals surface area contributed by atoms with Crippen LogP contribution in [0.4, 0.5) is 0 Å². The van der Waals surface area contributed by atoms with E-state index in [4.69, 9.17) is 16.3 Å². The lowest BCUT2D eigenvalue weighted by Crippen LogP contribution is -2.49. The van der Waals surface area contributed by atoms with Gasteiger partial charge in [0, 0.05) is 18.1 Å². The second kappa shape index (κ2) is 11.4. The molecule has 0 heterocycles. The van der Waals surface area contributed by atoms with E-state index in [0.29, 0.717) is 23.2 Å². The van der Waals surface area contributed by atoms with Gasteiger partial charge in [0.05, 0.1) is 0 Å². The molecule has 0 fully saturated rings. The number of nitrogens with one attached hydrogen (secondary N) is 1. The Morgan fingerprint density at radius 3 is 2.38 bits per heavy atom. The van der Waals surface area contributed by atoms with E-state index in [9.17, 15) is 9.59 Å². The van der Waals surface area contributed by atoms with E-state index in [2.05, 4.69) is 26.1 Å². The molecule has 0 radical (unpaired) electrons. The van der Waals surface area contributed by atoms with Gasteiger partial charge in [-0.25, -0.2) is 0 Å². The van der Waals surface area contributed by atoms with Gasteiger partial charge in [0.25, 0.3) is 5.91 Å². The number of rotatable bonds is 9. The maximum atomic E-state index is 13.2. The molecule has 1 N–H and O–H groups in total. The minimum Gasteiger partial charge on any atom is -0.483 e. The molecule has 0 aliphatic rings. The Hall–Kier alpha value is -2.53. The van der Waals surface area contributed by atoms with E-state index >= 15 is 0 Å². The predicted molar refractivity (Wildman–Crippen MR) is 130 cm³/mol. The summed E-state index contributed by atoms with van der Waals surface area (Å²) in [5.41, 5.74) is 1.76. The quantitative estimate of drug-likeness (QED) is 0.561. The number of ether oxygens (including phenoxy) is 1. The van der Waals surface area contributed by atoms with Gasteiger partial charge in [-0.2, -0.15) is 0 Å².